The number of rotatable bonds is 3. The highest BCUT2D eigenvalue weighted by atomic mass is 28.3. The average Bonchev–Trinajstić information content (AvgIpc) is 2.65. The zero-order valence-electron chi connectivity index (χ0n) is 14.2. The minimum absolute atomic E-state index is 0.835. The maximum atomic E-state index is 5.16. The monoisotopic (exact) mass is 332 g/mol. The number of hydrogen-bond acceptors (Lipinski definition) is 2. The highest BCUT2D eigenvalue weighted by Gasteiger charge is 1.98. The first-order valence-corrected chi connectivity index (χ1v) is 9.51. The smallest absolute Gasteiger partial charge is 0.225 e. The summed E-state index contributed by atoms with van der Waals surface area (Å²) in [6, 6.07) is 15.5. The van der Waals surface area contributed by atoms with E-state index in [1.807, 2.05) is 61.5 Å². The van der Waals surface area contributed by atoms with E-state index >= 15 is 0 Å². The molecular weight excluding hydrogens is 312 g/mol. The Labute approximate surface area is 145 Å². The van der Waals surface area contributed by atoms with Gasteiger partial charge >= 0.3 is 0 Å². The molecule has 0 aliphatic carbocycles. The van der Waals surface area contributed by atoms with E-state index in [1.54, 1.807) is 14.2 Å². The van der Waals surface area contributed by atoms with Crippen LogP contribution in [-0.4, -0.2) is 23.0 Å². The molecule has 0 fully saturated rings. The maximum absolute atomic E-state index is 5.16. The van der Waals surface area contributed by atoms with Gasteiger partial charge in [0, 0.05) is 11.1 Å². The highest BCUT2D eigenvalue weighted by molar-refractivity contribution is 6.80. The van der Waals surface area contributed by atoms with Crippen molar-refractivity contribution in [2.45, 2.75) is 6.92 Å². The lowest BCUT2D eigenvalue weighted by atomic mass is 10.2. The molecule has 0 N–H and O–H groups in total. The molecule has 2 nitrogen and oxygen atoms in total. The second-order valence-corrected chi connectivity index (χ2v) is 6.92. The lowest BCUT2D eigenvalue weighted by Crippen LogP contribution is -2.03. The van der Waals surface area contributed by atoms with Gasteiger partial charge in [-0.1, -0.05) is 23.6 Å². The summed E-state index contributed by atoms with van der Waals surface area (Å²) < 4.78 is 10.3. The Balaban J connectivity index is 2.15. The molecule has 120 valence electrons. The number of hydrogen-bond donors (Lipinski definition) is 0. The Bertz CT molecular complexity index is 732. The fraction of sp³-hybridized carbons (Fsp3) is 0.143. The van der Waals surface area contributed by atoms with Crippen LogP contribution in [0.4, 0.5) is 0 Å². The molecule has 0 spiro atoms. The van der Waals surface area contributed by atoms with Crippen LogP contribution in [0.5, 0.6) is 11.5 Å². The zero-order chi connectivity index (χ0) is 17.2. The predicted octanol–water partition coefficient (Wildman–Crippen LogP) is 3.53. The normalized spacial score (nSPS) is 9.83. The molecule has 24 heavy (non-hydrogen) atoms. The molecule has 0 unspecified atom stereocenters. The van der Waals surface area contributed by atoms with Gasteiger partial charge in [0.15, 0.2) is 0 Å². The Morgan fingerprint density at radius 3 is 1.50 bits per heavy atom. The molecule has 0 atom stereocenters. The second kappa shape index (κ2) is 9.30. The molecule has 2 aromatic rings. The molecule has 0 bridgehead atoms. The van der Waals surface area contributed by atoms with Crippen LogP contribution in [-0.2, 0) is 0 Å². The molecule has 0 aromatic heterocycles. The third kappa shape index (κ3) is 5.39. The Kier molecular flexibility index (Phi) is 6.77. The van der Waals surface area contributed by atoms with Crippen molar-refractivity contribution in [3.05, 3.63) is 71.4 Å². The molecule has 0 amide bonds. The van der Waals surface area contributed by atoms with Gasteiger partial charge in [-0.2, -0.15) is 0 Å². The van der Waals surface area contributed by atoms with Crippen LogP contribution in [0.3, 0.4) is 0 Å². The van der Waals surface area contributed by atoms with Crippen molar-refractivity contribution in [2.24, 2.45) is 0 Å². The number of allylic oxidation sites excluding steroid dienone is 1. The lowest BCUT2D eigenvalue weighted by Gasteiger charge is -1.98. The number of benzene rings is 2. The third-order valence-electron chi connectivity index (χ3n) is 3.31. The number of ether oxygens (including phenoxy) is 2. The topological polar surface area (TPSA) is 18.5 Å². The molecular formula is C21H20O2Si. The van der Waals surface area contributed by atoms with Crippen molar-refractivity contribution < 1.29 is 9.47 Å². The second-order valence-electron chi connectivity index (χ2n) is 5.00. The molecule has 2 aromatic carbocycles. The van der Waals surface area contributed by atoms with Crippen LogP contribution >= 0.6 is 0 Å². The maximum Gasteiger partial charge on any atom is 0.225 e. The molecule has 3 heteroatoms. The largest absolute Gasteiger partial charge is 0.497 e. The summed E-state index contributed by atoms with van der Waals surface area (Å²) in [5.41, 5.74) is 10.7. The van der Waals surface area contributed by atoms with Crippen LogP contribution in [0.15, 0.2) is 60.3 Å². The van der Waals surface area contributed by atoms with E-state index < -0.39 is 8.80 Å². The molecule has 2 rings (SSSR count). The van der Waals surface area contributed by atoms with E-state index in [-0.39, 0.29) is 0 Å². The Hall–Kier alpha value is -2.88. The van der Waals surface area contributed by atoms with Crippen molar-refractivity contribution in [1.29, 1.82) is 0 Å². The summed E-state index contributed by atoms with van der Waals surface area (Å²) >= 11 is 0. The van der Waals surface area contributed by atoms with Gasteiger partial charge in [-0.05, 0) is 55.5 Å². The Morgan fingerprint density at radius 2 is 1.17 bits per heavy atom. The van der Waals surface area contributed by atoms with E-state index in [4.69, 9.17) is 9.47 Å². The first-order chi connectivity index (χ1) is 11.7. The van der Waals surface area contributed by atoms with Crippen molar-refractivity contribution >= 4 is 8.80 Å². The quantitative estimate of drug-likeness (QED) is 0.632. The minimum atomic E-state index is -1.58. The van der Waals surface area contributed by atoms with Gasteiger partial charge in [-0.25, -0.2) is 0 Å². The summed E-state index contributed by atoms with van der Waals surface area (Å²) in [6.07, 6.45) is 2.03. The summed E-state index contributed by atoms with van der Waals surface area (Å²) in [5.74, 6) is 8.11. The first kappa shape index (κ1) is 17.5. The molecule has 0 heterocycles. The fourth-order valence-electron chi connectivity index (χ4n) is 2.00. The minimum Gasteiger partial charge on any atom is -0.497 e. The van der Waals surface area contributed by atoms with Crippen molar-refractivity contribution in [1.82, 2.24) is 0 Å². The summed E-state index contributed by atoms with van der Waals surface area (Å²) in [7, 11) is 1.74. The van der Waals surface area contributed by atoms with Crippen LogP contribution in [0.1, 0.15) is 18.1 Å². The van der Waals surface area contributed by atoms with Crippen molar-refractivity contribution in [3.8, 4) is 34.4 Å². The van der Waals surface area contributed by atoms with Crippen LogP contribution in [0.2, 0.25) is 0 Å². The van der Waals surface area contributed by atoms with Gasteiger partial charge in [-0.3, -0.25) is 0 Å². The molecule has 0 aliphatic heterocycles. The number of methoxy groups -OCH3 is 2. The van der Waals surface area contributed by atoms with E-state index in [0.29, 0.717) is 0 Å². The summed E-state index contributed by atoms with van der Waals surface area (Å²) in [4.78, 5) is 0. The third-order valence-corrected chi connectivity index (χ3v) is 4.99. The van der Waals surface area contributed by atoms with Crippen LogP contribution in [0, 0.1) is 22.9 Å². The first-order valence-electron chi connectivity index (χ1n) is 7.69. The van der Waals surface area contributed by atoms with Crippen molar-refractivity contribution in [3.63, 3.8) is 0 Å². The molecule has 0 saturated heterocycles. The Morgan fingerprint density at radius 1 is 0.750 bits per heavy atom. The predicted molar refractivity (Wildman–Crippen MR) is 102 cm³/mol. The van der Waals surface area contributed by atoms with Gasteiger partial charge < -0.3 is 9.47 Å². The van der Waals surface area contributed by atoms with Gasteiger partial charge in [0.25, 0.3) is 0 Å². The van der Waals surface area contributed by atoms with E-state index in [2.05, 4.69) is 28.6 Å². The van der Waals surface area contributed by atoms with Crippen LogP contribution < -0.4 is 9.47 Å². The summed E-state index contributed by atoms with van der Waals surface area (Å²) in [6.45, 7) is 2.00. The highest BCUT2D eigenvalue weighted by Crippen LogP contribution is 2.11. The van der Waals surface area contributed by atoms with Gasteiger partial charge in [-0.15, -0.1) is 11.1 Å². The molecule has 0 aliphatic rings. The molecule has 0 saturated carbocycles. The van der Waals surface area contributed by atoms with E-state index in [0.717, 1.165) is 22.6 Å². The lowest BCUT2D eigenvalue weighted by molar-refractivity contribution is 0.414. The fourth-order valence-corrected chi connectivity index (χ4v) is 3.29. The van der Waals surface area contributed by atoms with E-state index in [1.165, 1.54) is 0 Å². The molecule has 0 radical (unpaired) electrons. The van der Waals surface area contributed by atoms with Gasteiger partial charge in [0.2, 0.25) is 8.80 Å². The van der Waals surface area contributed by atoms with Gasteiger partial charge in [0.1, 0.15) is 11.5 Å². The standard InChI is InChI=1S/C21H20O2Si/c1-4-15-24(16-13-18-5-9-20(22-2)10-6-18)17-14-19-7-11-21(23-3)12-8-19/h4-12,15,24H,1-3H3. The van der Waals surface area contributed by atoms with E-state index in [9.17, 15) is 0 Å². The van der Waals surface area contributed by atoms with Gasteiger partial charge in [0.05, 0.1) is 14.2 Å². The summed E-state index contributed by atoms with van der Waals surface area (Å²) in [5, 5.41) is 0. The average molecular weight is 332 g/mol. The van der Waals surface area contributed by atoms with Crippen molar-refractivity contribution in [2.75, 3.05) is 14.2 Å². The van der Waals surface area contributed by atoms with Crippen LogP contribution in [0.25, 0.3) is 0 Å². The SMILES string of the molecule is CC=C[SiH](C#Cc1ccc(OC)cc1)C#Cc1ccc(OC)cc1. The zero-order valence-corrected chi connectivity index (χ0v) is 15.3.